The van der Waals surface area contributed by atoms with Crippen molar-refractivity contribution in [1.29, 1.82) is 0 Å². The van der Waals surface area contributed by atoms with Crippen molar-refractivity contribution in [3.8, 4) is 0 Å². The minimum atomic E-state index is -0.425. The van der Waals surface area contributed by atoms with E-state index in [1.54, 1.807) is 4.90 Å². The van der Waals surface area contributed by atoms with Crippen LogP contribution in [0.25, 0.3) is 11.0 Å². The molecule has 0 fully saturated rings. The molecule has 1 atom stereocenters. The molecule has 2 aromatic carbocycles. The topological polar surface area (TPSA) is 53.8 Å². The first-order chi connectivity index (χ1) is 13.4. The molecule has 0 bridgehead atoms. The number of rotatable bonds is 4. The number of carbonyl (C=O) groups is 1. The molecule has 1 unspecified atom stereocenters. The third-order valence-electron chi connectivity index (χ3n) is 5.49. The van der Waals surface area contributed by atoms with Crippen molar-refractivity contribution in [3.63, 3.8) is 0 Å². The monoisotopic (exact) mass is 376 g/mol. The number of likely N-dealkylation sites (N-methyl/N-ethyl adjacent to an activating group) is 1. The van der Waals surface area contributed by atoms with Crippen LogP contribution in [-0.2, 0) is 0 Å². The van der Waals surface area contributed by atoms with Gasteiger partial charge in [-0.3, -0.25) is 9.59 Å². The van der Waals surface area contributed by atoms with Crippen molar-refractivity contribution in [2.75, 3.05) is 27.2 Å². The molecule has 28 heavy (non-hydrogen) atoms. The second-order valence-corrected chi connectivity index (χ2v) is 7.72. The lowest BCUT2D eigenvalue weighted by molar-refractivity contribution is 0.0716. The molecule has 0 radical (unpaired) electrons. The number of fused-ring (bicyclic) bond motifs is 2. The normalized spacial score (nSPS) is 16.2. The highest BCUT2D eigenvalue weighted by Gasteiger charge is 2.42. The van der Waals surface area contributed by atoms with Gasteiger partial charge in [0.1, 0.15) is 5.58 Å². The van der Waals surface area contributed by atoms with Gasteiger partial charge in [0.2, 0.25) is 5.76 Å². The number of aryl methyl sites for hydroxylation is 2. The van der Waals surface area contributed by atoms with Gasteiger partial charge in [-0.25, -0.2) is 0 Å². The van der Waals surface area contributed by atoms with E-state index in [1.165, 1.54) is 0 Å². The Morgan fingerprint density at radius 3 is 2.39 bits per heavy atom. The van der Waals surface area contributed by atoms with Gasteiger partial charge in [0.05, 0.1) is 17.0 Å². The van der Waals surface area contributed by atoms with Crippen LogP contribution in [0.2, 0.25) is 0 Å². The molecule has 0 spiro atoms. The molecule has 0 N–H and O–H groups in total. The van der Waals surface area contributed by atoms with Crippen LogP contribution in [0.15, 0.2) is 51.7 Å². The van der Waals surface area contributed by atoms with Crippen LogP contribution in [0, 0.1) is 13.8 Å². The van der Waals surface area contributed by atoms with Crippen LogP contribution < -0.4 is 5.43 Å². The van der Waals surface area contributed by atoms with E-state index in [9.17, 15) is 9.59 Å². The lowest BCUT2D eigenvalue weighted by Crippen LogP contribution is -2.35. The van der Waals surface area contributed by atoms with E-state index < -0.39 is 6.04 Å². The van der Waals surface area contributed by atoms with Gasteiger partial charge in [0.25, 0.3) is 5.91 Å². The fourth-order valence-electron chi connectivity index (χ4n) is 3.80. The van der Waals surface area contributed by atoms with E-state index in [4.69, 9.17) is 4.42 Å². The van der Waals surface area contributed by atoms with Crippen LogP contribution in [0.4, 0.5) is 0 Å². The fourth-order valence-corrected chi connectivity index (χ4v) is 3.80. The quantitative estimate of drug-likeness (QED) is 0.699. The van der Waals surface area contributed by atoms with Gasteiger partial charge in [-0.2, -0.15) is 0 Å². The van der Waals surface area contributed by atoms with Gasteiger partial charge in [0.15, 0.2) is 5.43 Å². The summed E-state index contributed by atoms with van der Waals surface area (Å²) < 4.78 is 6.02. The minimum Gasteiger partial charge on any atom is -0.450 e. The molecule has 1 aliphatic heterocycles. The number of carbonyl (C=O) groups excluding carboxylic acids is 1. The Balaban J connectivity index is 1.96. The van der Waals surface area contributed by atoms with Crippen LogP contribution in [0.5, 0.6) is 0 Å². The molecule has 1 aromatic heterocycles. The highest BCUT2D eigenvalue weighted by atomic mass is 16.3. The molecule has 0 aliphatic carbocycles. The molecule has 1 amide bonds. The number of amides is 1. The first kappa shape index (κ1) is 18.4. The molecule has 0 saturated carbocycles. The van der Waals surface area contributed by atoms with E-state index in [1.807, 2.05) is 75.3 Å². The van der Waals surface area contributed by atoms with Gasteiger partial charge in [-0.05, 0) is 56.8 Å². The van der Waals surface area contributed by atoms with Crippen molar-refractivity contribution < 1.29 is 9.21 Å². The highest BCUT2D eigenvalue weighted by molar-refractivity contribution is 5.99. The van der Waals surface area contributed by atoms with Gasteiger partial charge in [-0.1, -0.05) is 30.3 Å². The smallest absolute Gasteiger partial charge is 0.290 e. The molecule has 4 rings (SSSR count). The molecule has 144 valence electrons. The molecule has 5 nitrogen and oxygen atoms in total. The molecule has 5 heteroatoms. The van der Waals surface area contributed by atoms with Gasteiger partial charge >= 0.3 is 0 Å². The Morgan fingerprint density at radius 2 is 1.71 bits per heavy atom. The van der Waals surface area contributed by atoms with Crippen molar-refractivity contribution in [3.05, 3.63) is 80.7 Å². The molecular formula is C23H24N2O3. The van der Waals surface area contributed by atoms with Gasteiger partial charge in [0, 0.05) is 13.1 Å². The predicted octanol–water partition coefficient (Wildman–Crippen LogP) is 3.52. The molecule has 3 aromatic rings. The zero-order valence-corrected chi connectivity index (χ0v) is 16.7. The van der Waals surface area contributed by atoms with Crippen LogP contribution in [-0.4, -0.2) is 42.9 Å². The van der Waals surface area contributed by atoms with Crippen molar-refractivity contribution in [2.24, 2.45) is 0 Å². The molecule has 2 heterocycles. The Hall–Kier alpha value is -2.92. The summed E-state index contributed by atoms with van der Waals surface area (Å²) in [6.45, 7) is 5.17. The van der Waals surface area contributed by atoms with Crippen LogP contribution in [0.1, 0.15) is 38.9 Å². The largest absolute Gasteiger partial charge is 0.450 e. The van der Waals surface area contributed by atoms with E-state index in [2.05, 4.69) is 0 Å². The molecule has 1 aliphatic rings. The fraction of sp³-hybridized carbons (Fsp3) is 0.304. The number of nitrogens with zero attached hydrogens (tertiary/aromatic N) is 2. The lowest BCUT2D eigenvalue weighted by atomic mass is 9.97. The van der Waals surface area contributed by atoms with Crippen molar-refractivity contribution in [1.82, 2.24) is 9.80 Å². The maximum absolute atomic E-state index is 13.4. The number of hydrogen-bond donors (Lipinski definition) is 0. The van der Waals surface area contributed by atoms with E-state index in [0.717, 1.165) is 16.7 Å². The summed E-state index contributed by atoms with van der Waals surface area (Å²) in [4.78, 5) is 30.4. The van der Waals surface area contributed by atoms with Gasteiger partial charge in [-0.15, -0.1) is 0 Å². The summed E-state index contributed by atoms with van der Waals surface area (Å²) in [6, 6.07) is 13.0. The van der Waals surface area contributed by atoms with Crippen LogP contribution in [0.3, 0.4) is 0 Å². The second-order valence-electron chi connectivity index (χ2n) is 7.72. The average molecular weight is 376 g/mol. The summed E-state index contributed by atoms with van der Waals surface area (Å²) in [7, 11) is 3.93. The van der Waals surface area contributed by atoms with Crippen molar-refractivity contribution in [2.45, 2.75) is 19.9 Å². The third kappa shape index (κ3) is 2.92. The summed E-state index contributed by atoms with van der Waals surface area (Å²) in [5.74, 6) is -0.0451. The zero-order chi connectivity index (χ0) is 20.0. The number of hydrogen-bond acceptors (Lipinski definition) is 4. The first-order valence-corrected chi connectivity index (χ1v) is 9.47. The SMILES string of the molecule is Cc1cc2oc3c(c(=O)c2cc1C)C(c1ccccc1)N(CCN(C)C)C3=O. The van der Waals surface area contributed by atoms with Crippen molar-refractivity contribution >= 4 is 16.9 Å². The second kappa shape index (κ2) is 6.91. The zero-order valence-electron chi connectivity index (χ0n) is 16.7. The molecule has 0 saturated heterocycles. The third-order valence-corrected chi connectivity index (χ3v) is 5.49. The Kier molecular flexibility index (Phi) is 4.55. The van der Waals surface area contributed by atoms with E-state index in [-0.39, 0.29) is 17.1 Å². The first-order valence-electron chi connectivity index (χ1n) is 9.47. The maximum atomic E-state index is 13.4. The summed E-state index contributed by atoms with van der Waals surface area (Å²) in [6.07, 6.45) is 0. The van der Waals surface area contributed by atoms with E-state index in [0.29, 0.717) is 29.6 Å². The average Bonchev–Trinajstić information content (AvgIpc) is 2.95. The maximum Gasteiger partial charge on any atom is 0.290 e. The molecular weight excluding hydrogens is 352 g/mol. The Labute approximate surface area is 164 Å². The van der Waals surface area contributed by atoms with Gasteiger partial charge < -0.3 is 14.2 Å². The summed E-state index contributed by atoms with van der Waals surface area (Å²) >= 11 is 0. The minimum absolute atomic E-state index is 0.117. The summed E-state index contributed by atoms with van der Waals surface area (Å²) in [5, 5.41) is 0.532. The predicted molar refractivity (Wildman–Crippen MR) is 110 cm³/mol. The Morgan fingerprint density at radius 1 is 1.04 bits per heavy atom. The summed E-state index contributed by atoms with van der Waals surface area (Å²) in [5.41, 5.74) is 3.79. The standard InChI is InChI=1S/C23H24N2O3/c1-14-12-17-18(13-15(14)2)28-22-19(21(17)26)20(16-8-6-5-7-9-16)25(23(22)27)11-10-24(3)4/h5-9,12-13,20H,10-11H2,1-4H3. The number of benzene rings is 2. The van der Waals surface area contributed by atoms with Crippen LogP contribution >= 0.6 is 0 Å². The Bertz CT molecular complexity index is 1120. The van der Waals surface area contributed by atoms with E-state index >= 15 is 0 Å². The lowest BCUT2D eigenvalue weighted by Gasteiger charge is -2.26. The highest BCUT2D eigenvalue weighted by Crippen LogP contribution is 2.38.